The van der Waals surface area contributed by atoms with Crippen molar-refractivity contribution in [2.75, 3.05) is 5.73 Å². The number of benzene rings is 1. The Kier molecular flexibility index (Phi) is 2.82. The molecule has 0 radical (unpaired) electrons. The van der Waals surface area contributed by atoms with Crippen LogP contribution in [0.4, 0.5) is 18.9 Å². The minimum atomic E-state index is -4.62. The van der Waals surface area contributed by atoms with Gasteiger partial charge in [-0.3, -0.25) is 0 Å². The maximum absolute atomic E-state index is 12.2. The fraction of sp³-hybridized carbons (Fsp3) is 0.111. The summed E-state index contributed by atoms with van der Waals surface area (Å²) < 4.78 is 41.8. The molecule has 0 saturated carbocycles. The Morgan fingerprint density at radius 2 is 2.00 bits per heavy atom. The third-order valence-corrected chi connectivity index (χ3v) is 2.61. The molecule has 90 valence electrons. The highest BCUT2D eigenvalue weighted by atomic mass is 79.9. The van der Waals surface area contributed by atoms with Crippen molar-refractivity contribution in [3.05, 3.63) is 28.5 Å². The van der Waals surface area contributed by atoms with E-state index in [1.54, 1.807) is 0 Å². The molecule has 0 aliphatic heterocycles. The number of nitrogens with two attached hydrogens (primary N) is 1. The third-order valence-electron chi connectivity index (χ3n) is 1.93. The number of alkyl halides is 3. The molecule has 0 aliphatic carbocycles. The van der Waals surface area contributed by atoms with Gasteiger partial charge in [0.15, 0.2) is 0 Å². The van der Waals surface area contributed by atoms with E-state index in [4.69, 9.17) is 5.73 Å². The van der Waals surface area contributed by atoms with Gasteiger partial charge in [0.25, 0.3) is 11.7 Å². The number of aromatic nitrogens is 2. The van der Waals surface area contributed by atoms with Crippen LogP contribution in [0.3, 0.4) is 0 Å². The molecular formula is C9H5BrF3N3O. The topological polar surface area (TPSA) is 64.9 Å². The summed E-state index contributed by atoms with van der Waals surface area (Å²) in [6.45, 7) is 0. The summed E-state index contributed by atoms with van der Waals surface area (Å²) in [5.74, 6) is -1.52. The van der Waals surface area contributed by atoms with Gasteiger partial charge < -0.3 is 10.3 Å². The second kappa shape index (κ2) is 4.02. The lowest BCUT2D eigenvalue weighted by atomic mass is 10.2. The van der Waals surface area contributed by atoms with Gasteiger partial charge in [-0.2, -0.15) is 18.2 Å². The smallest absolute Gasteiger partial charge is 0.398 e. The van der Waals surface area contributed by atoms with Gasteiger partial charge in [-0.15, -0.1) is 0 Å². The van der Waals surface area contributed by atoms with Gasteiger partial charge in [-0.1, -0.05) is 5.16 Å². The van der Waals surface area contributed by atoms with E-state index in [1.807, 2.05) is 0 Å². The van der Waals surface area contributed by atoms with Crippen LogP contribution in [0.5, 0.6) is 0 Å². The van der Waals surface area contributed by atoms with E-state index in [0.717, 1.165) is 0 Å². The van der Waals surface area contributed by atoms with Crippen molar-refractivity contribution in [1.29, 1.82) is 0 Å². The van der Waals surface area contributed by atoms with Crippen molar-refractivity contribution in [2.45, 2.75) is 6.18 Å². The van der Waals surface area contributed by atoms with Crippen LogP contribution in [0.25, 0.3) is 11.5 Å². The van der Waals surface area contributed by atoms with Gasteiger partial charge in [-0.05, 0) is 34.1 Å². The second-order valence-electron chi connectivity index (χ2n) is 3.16. The Bertz CT molecular complexity index is 553. The minimum Gasteiger partial charge on any atom is -0.398 e. The Balaban J connectivity index is 2.40. The number of anilines is 1. The molecule has 0 fully saturated rings. The third kappa shape index (κ3) is 2.41. The molecule has 8 heteroatoms. The first-order valence-corrected chi connectivity index (χ1v) is 5.13. The first kappa shape index (κ1) is 11.9. The maximum Gasteiger partial charge on any atom is 0.455 e. The molecule has 2 N–H and O–H groups in total. The van der Waals surface area contributed by atoms with Crippen LogP contribution in [0, 0.1) is 0 Å². The number of halogens is 4. The number of hydrogen-bond donors (Lipinski definition) is 1. The summed E-state index contributed by atoms with van der Waals surface area (Å²) in [5.41, 5.74) is 6.37. The normalized spacial score (nSPS) is 11.8. The highest BCUT2D eigenvalue weighted by molar-refractivity contribution is 9.10. The Labute approximate surface area is 102 Å². The van der Waals surface area contributed by atoms with Gasteiger partial charge >= 0.3 is 6.18 Å². The molecule has 0 bridgehead atoms. The lowest BCUT2D eigenvalue weighted by molar-refractivity contribution is -0.146. The summed E-state index contributed by atoms with van der Waals surface area (Å²) in [7, 11) is 0. The van der Waals surface area contributed by atoms with Crippen LogP contribution in [-0.2, 0) is 6.18 Å². The Morgan fingerprint density at radius 1 is 1.29 bits per heavy atom. The zero-order valence-electron chi connectivity index (χ0n) is 8.12. The minimum absolute atomic E-state index is 0.210. The monoisotopic (exact) mass is 307 g/mol. The van der Waals surface area contributed by atoms with Crippen molar-refractivity contribution >= 4 is 21.6 Å². The van der Waals surface area contributed by atoms with Crippen LogP contribution in [0.2, 0.25) is 0 Å². The highest BCUT2D eigenvalue weighted by Gasteiger charge is 2.37. The first-order chi connectivity index (χ1) is 7.88. The van der Waals surface area contributed by atoms with Crippen LogP contribution in [0.15, 0.2) is 27.2 Å². The SMILES string of the molecule is Nc1ccc(-c2nc(C(F)(F)F)no2)cc1Br. The van der Waals surface area contributed by atoms with E-state index < -0.39 is 12.0 Å². The van der Waals surface area contributed by atoms with Crippen LogP contribution in [-0.4, -0.2) is 10.1 Å². The van der Waals surface area contributed by atoms with Crippen molar-refractivity contribution in [1.82, 2.24) is 10.1 Å². The van der Waals surface area contributed by atoms with E-state index in [1.165, 1.54) is 18.2 Å². The zero-order chi connectivity index (χ0) is 12.6. The molecule has 0 unspecified atom stereocenters. The number of nitrogens with zero attached hydrogens (tertiary/aromatic N) is 2. The quantitative estimate of drug-likeness (QED) is 0.822. The molecule has 1 aromatic carbocycles. The van der Waals surface area contributed by atoms with Gasteiger partial charge in [0, 0.05) is 15.7 Å². The Hall–Kier alpha value is -1.57. The molecule has 2 aromatic rings. The molecule has 2 rings (SSSR count). The number of hydrogen-bond acceptors (Lipinski definition) is 4. The first-order valence-electron chi connectivity index (χ1n) is 4.34. The predicted octanol–water partition coefficient (Wildman–Crippen LogP) is 3.10. The predicted molar refractivity (Wildman–Crippen MR) is 56.8 cm³/mol. The molecule has 1 heterocycles. The van der Waals surface area contributed by atoms with E-state index in [0.29, 0.717) is 15.7 Å². The molecule has 4 nitrogen and oxygen atoms in total. The summed E-state index contributed by atoms with van der Waals surface area (Å²) in [4.78, 5) is 3.26. The maximum atomic E-state index is 12.2. The average molecular weight is 308 g/mol. The van der Waals surface area contributed by atoms with E-state index in [2.05, 4.69) is 30.6 Å². The van der Waals surface area contributed by atoms with Crippen LogP contribution in [0.1, 0.15) is 5.82 Å². The second-order valence-corrected chi connectivity index (χ2v) is 4.01. The van der Waals surface area contributed by atoms with Crippen molar-refractivity contribution in [3.8, 4) is 11.5 Å². The van der Waals surface area contributed by atoms with Crippen molar-refractivity contribution in [3.63, 3.8) is 0 Å². The van der Waals surface area contributed by atoms with Crippen LogP contribution < -0.4 is 5.73 Å². The summed E-state index contributed by atoms with van der Waals surface area (Å²) in [5, 5.41) is 2.86. The van der Waals surface area contributed by atoms with E-state index >= 15 is 0 Å². The summed E-state index contributed by atoms with van der Waals surface area (Å²) >= 11 is 3.15. The molecule has 17 heavy (non-hydrogen) atoms. The van der Waals surface area contributed by atoms with Gasteiger partial charge in [0.2, 0.25) is 0 Å². The lowest BCUT2D eigenvalue weighted by Gasteiger charge is -1.99. The largest absolute Gasteiger partial charge is 0.455 e. The van der Waals surface area contributed by atoms with E-state index in [-0.39, 0.29) is 5.89 Å². The standard InChI is InChI=1S/C9H5BrF3N3O/c10-5-3-4(1-2-6(5)14)7-15-8(16-17-7)9(11,12)13/h1-3H,14H2. The van der Waals surface area contributed by atoms with Gasteiger partial charge in [-0.25, -0.2) is 0 Å². The summed E-state index contributed by atoms with van der Waals surface area (Å²) in [6.07, 6.45) is -4.62. The molecule has 0 saturated heterocycles. The van der Waals surface area contributed by atoms with Crippen molar-refractivity contribution < 1.29 is 17.7 Å². The fourth-order valence-electron chi connectivity index (χ4n) is 1.12. The molecule has 0 amide bonds. The average Bonchev–Trinajstić information content (AvgIpc) is 2.70. The molecule has 1 aromatic heterocycles. The van der Waals surface area contributed by atoms with Gasteiger partial charge in [0.1, 0.15) is 0 Å². The van der Waals surface area contributed by atoms with Crippen molar-refractivity contribution in [2.24, 2.45) is 0 Å². The number of rotatable bonds is 1. The van der Waals surface area contributed by atoms with E-state index in [9.17, 15) is 13.2 Å². The fourth-order valence-corrected chi connectivity index (χ4v) is 1.49. The molecule has 0 aliphatic rings. The molecule has 0 atom stereocenters. The zero-order valence-corrected chi connectivity index (χ0v) is 9.71. The number of nitrogen functional groups attached to an aromatic ring is 1. The highest BCUT2D eigenvalue weighted by Crippen LogP contribution is 2.30. The summed E-state index contributed by atoms with van der Waals surface area (Å²) in [6, 6.07) is 4.52. The molecular weight excluding hydrogens is 303 g/mol. The Morgan fingerprint density at radius 3 is 2.53 bits per heavy atom. The van der Waals surface area contributed by atoms with Crippen LogP contribution >= 0.6 is 15.9 Å². The molecule has 0 spiro atoms. The van der Waals surface area contributed by atoms with Gasteiger partial charge in [0.05, 0.1) is 0 Å². The lowest BCUT2D eigenvalue weighted by Crippen LogP contribution is -2.07.